The number of anilines is 2. The molecule has 1 aliphatic rings. The maximum Gasteiger partial charge on any atom is 0.332 e. The Bertz CT molecular complexity index is 1410. The Hall–Kier alpha value is -3.52. The number of hydrogen-bond acceptors (Lipinski definition) is 5. The highest BCUT2D eigenvalue weighted by molar-refractivity contribution is 6.30. The van der Waals surface area contributed by atoms with Crippen LogP contribution in [0.3, 0.4) is 0 Å². The fourth-order valence-electron chi connectivity index (χ4n) is 4.40. The molecule has 1 saturated heterocycles. The van der Waals surface area contributed by atoms with E-state index in [1.165, 1.54) is 17.3 Å². The minimum absolute atomic E-state index is 0.344. The van der Waals surface area contributed by atoms with Gasteiger partial charge >= 0.3 is 5.69 Å². The number of para-hydroxylation sites is 1. The lowest BCUT2D eigenvalue weighted by Crippen LogP contribution is -2.47. The van der Waals surface area contributed by atoms with Gasteiger partial charge in [0.05, 0.1) is 6.54 Å². The van der Waals surface area contributed by atoms with Gasteiger partial charge in [0.15, 0.2) is 11.2 Å². The van der Waals surface area contributed by atoms with E-state index >= 15 is 0 Å². The summed E-state index contributed by atoms with van der Waals surface area (Å²) in [5, 5.41) is 0.657. The van der Waals surface area contributed by atoms with E-state index in [0.717, 1.165) is 36.3 Å². The minimum atomic E-state index is -0.385. The van der Waals surface area contributed by atoms with Gasteiger partial charge in [-0.25, -0.2) is 4.79 Å². The Kier molecular flexibility index (Phi) is 5.46. The highest BCUT2D eigenvalue weighted by Crippen LogP contribution is 2.24. The van der Waals surface area contributed by atoms with Gasteiger partial charge in [-0.15, -0.1) is 0 Å². The lowest BCUT2D eigenvalue weighted by molar-refractivity contribution is 0.625. The lowest BCUT2D eigenvalue weighted by atomic mass is 10.2. The van der Waals surface area contributed by atoms with Crippen LogP contribution in [0.5, 0.6) is 0 Å². The van der Waals surface area contributed by atoms with E-state index in [1.807, 2.05) is 47.0 Å². The Balaban J connectivity index is 1.57. The van der Waals surface area contributed by atoms with Gasteiger partial charge in [-0.05, 0) is 29.8 Å². The van der Waals surface area contributed by atoms with Crippen LogP contribution in [0.1, 0.15) is 5.56 Å². The number of aromatic nitrogens is 4. The first-order chi connectivity index (χ1) is 15.9. The normalized spacial score (nSPS) is 14.3. The van der Waals surface area contributed by atoms with Crippen molar-refractivity contribution in [2.24, 2.45) is 14.1 Å². The molecular formula is C24H25ClN6O2. The number of hydrogen-bond donors (Lipinski definition) is 0. The number of halogens is 1. The molecule has 2 aromatic heterocycles. The Morgan fingerprint density at radius 3 is 2.15 bits per heavy atom. The van der Waals surface area contributed by atoms with Gasteiger partial charge < -0.3 is 9.80 Å². The number of aryl methyl sites for hydroxylation is 1. The highest BCUT2D eigenvalue weighted by Gasteiger charge is 2.26. The van der Waals surface area contributed by atoms with E-state index in [4.69, 9.17) is 16.6 Å². The van der Waals surface area contributed by atoms with Gasteiger partial charge in [-0.3, -0.25) is 18.5 Å². The zero-order valence-corrected chi connectivity index (χ0v) is 19.4. The number of rotatable bonds is 4. The van der Waals surface area contributed by atoms with E-state index in [-0.39, 0.29) is 11.2 Å². The third kappa shape index (κ3) is 3.80. The van der Waals surface area contributed by atoms with Crippen molar-refractivity contribution in [2.45, 2.75) is 6.54 Å². The Labute approximate surface area is 195 Å². The third-order valence-electron chi connectivity index (χ3n) is 6.27. The average Bonchev–Trinajstić information content (AvgIpc) is 3.22. The van der Waals surface area contributed by atoms with Crippen LogP contribution in [-0.4, -0.2) is 44.9 Å². The molecule has 8 nitrogen and oxygen atoms in total. The molecule has 0 bridgehead atoms. The second kappa shape index (κ2) is 8.44. The van der Waals surface area contributed by atoms with Gasteiger partial charge in [-0.2, -0.15) is 4.98 Å². The molecule has 0 radical (unpaired) electrons. The highest BCUT2D eigenvalue weighted by atomic mass is 35.5. The molecule has 33 heavy (non-hydrogen) atoms. The largest absolute Gasteiger partial charge is 0.368 e. The van der Waals surface area contributed by atoms with Gasteiger partial charge in [0.1, 0.15) is 0 Å². The Morgan fingerprint density at radius 2 is 1.48 bits per heavy atom. The molecule has 4 aromatic rings. The van der Waals surface area contributed by atoms with Crippen LogP contribution in [-0.2, 0) is 20.6 Å². The number of piperazine rings is 1. The number of imidazole rings is 1. The van der Waals surface area contributed by atoms with Crippen LogP contribution >= 0.6 is 11.6 Å². The fourth-order valence-corrected chi connectivity index (χ4v) is 4.53. The average molecular weight is 465 g/mol. The van der Waals surface area contributed by atoms with Crippen molar-refractivity contribution in [1.82, 2.24) is 18.7 Å². The summed E-state index contributed by atoms with van der Waals surface area (Å²) in [5.41, 5.74) is 2.29. The Morgan fingerprint density at radius 1 is 0.848 bits per heavy atom. The molecule has 1 fully saturated rings. The van der Waals surface area contributed by atoms with Crippen molar-refractivity contribution >= 4 is 34.4 Å². The van der Waals surface area contributed by atoms with Crippen molar-refractivity contribution in [1.29, 1.82) is 0 Å². The minimum Gasteiger partial charge on any atom is -0.368 e. The smallest absolute Gasteiger partial charge is 0.332 e. The third-order valence-corrected chi connectivity index (χ3v) is 6.52. The predicted molar refractivity (Wildman–Crippen MR) is 132 cm³/mol. The molecule has 0 saturated carbocycles. The maximum absolute atomic E-state index is 13.1. The molecule has 0 aliphatic carbocycles. The number of fused-ring (bicyclic) bond motifs is 1. The van der Waals surface area contributed by atoms with E-state index in [9.17, 15) is 9.59 Å². The summed E-state index contributed by atoms with van der Waals surface area (Å²) >= 11 is 6.07. The second-order valence-electron chi connectivity index (χ2n) is 8.31. The van der Waals surface area contributed by atoms with Crippen LogP contribution in [0.2, 0.25) is 5.02 Å². The first-order valence-electron chi connectivity index (χ1n) is 10.9. The molecule has 0 spiro atoms. The summed E-state index contributed by atoms with van der Waals surface area (Å²) in [6.07, 6.45) is 0. The summed E-state index contributed by atoms with van der Waals surface area (Å²) < 4.78 is 4.51. The van der Waals surface area contributed by atoms with E-state index in [0.29, 0.717) is 28.7 Å². The summed E-state index contributed by atoms with van der Waals surface area (Å²) in [7, 11) is 3.16. The molecule has 0 unspecified atom stereocenters. The standard InChI is InChI=1S/C24H25ClN6O2/c1-27-21-20(22(32)28(2)24(27)33)31(16-17-8-10-18(25)11-9-17)23(26-21)30-14-12-29(13-15-30)19-6-4-3-5-7-19/h3-11H,12-16H2,1-2H3. The van der Waals surface area contributed by atoms with E-state index < -0.39 is 0 Å². The van der Waals surface area contributed by atoms with Crippen LogP contribution < -0.4 is 21.0 Å². The van der Waals surface area contributed by atoms with Gasteiger partial charge in [0, 0.05) is 51.0 Å². The molecule has 0 N–H and O–H groups in total. The van der Waals surface area contributed by atoms with E-state index in [2.05, 4.69) is 21.9 Å². The van der Waals surface area contributed by atoms with Crippen molar-refractivity contribution in [2.75, 3.05) is 36.0 Å². The zero-order valence-electron chi connectivity index (χ0n) is 18.6. The van der Waals surface area contributed by atoms with Crippen molar-refractivity contribution < 1.29 is 0 Å². The molecule has 9 heteroatoms. The first kappa shape index (κ1) is 21.3. The van der Waals surface area contributed by atoms with E-state index in [1.54, 1.807) is 7.05 Å². The molecule has 0 amide bonds. The summed E-state index contributed by atoms with van der Waals surface area (Å²) in [4.78, 5) is 35.0. The summed E-state index contributed by atoms with van der Waals surface area (Å²) in [6, 6.07) is 17.9. The predicted octanol–water partition coefficient (Wildman–Crippen LogP) is 2.46. The van der Waals surface area contributed by atoms with Crippen LogP contribution in [0, 0.1) is 0 Å². The zero-order chi connectivity index (χ0) is 23.1. The number of benzene rings is 2. The van der Waals surface area contributed by atoms with Crippen molar-refractivity contribution in [3.63, 3.8) is 0 Å². The van der Waals surface area contributed by atoms with Gasteiger partial charge in [0.2, 0.25) is 5.95 Å². The molecule has 5 rings (SSSR count). The van der Waals surface area contributed by atoms with Crippen LogP contribution in [0.4, 0.5) is 11.6 Å². The lowest BCUT2D eigenvalue weighted by Gasteiger charge is -2.36. The summed E-state index contributed by atoms with van der Waals surface area (Å²) in [5.74, 6) is 0.700. The molecule has 0 atom stereocenters. The first-order valence-corrected chi connectivity index (χ1v) is 11.3. The maximum atomic E-state index is 13.1. The summed E-state index contributed by atoms with van der Waals surface area (Å²) in [6.45, 7) is 3.64. The van der Waals surface area contributed by atoms with Gasteiger partial charge in [-0.1, -0.05) is 41.9 Å². The van der Waals surface area contributed by atoms with Crippen LogP contribution in [0.15, 0.2) is 64.2 Å². The molecule has 170 valence electrons. The SMILES string of the molecule is Cn1c(=O)c2c(nc(N3CCN(c4ccccc4)CC3)n2Cc2ccc(Cl)cc2)n(C)c1=O. The number of nitrogens with zero attached hydrogens (tertiary/aromatic N) is 6. The second-order valence-corrected chi connectivity index (χ2v) is 8.75. The fraction of sp³-hybridized carbons (Fsp3) is 0.292. The molecule has 1 aliphatic heterocycles. The molecule has 3 heterocycles. The monoisotopic (exact) mass is 464 g/mol. The van der Waals surface area contributed by atoms with Gasteiger partial charge in [0.25, 0.3) is 5.56 Å². The van der Waals surface area contributed by atoms with Crippen molar-refractivity contribution in [3.8, 4) is 0 Å². The topological polar surface area (TPSA) is 68.3 Å². The molecular weight excluding hydrogens is 440 g/mol. The van der Waals surface area contributed by atoms with Crippen LogP contribution in [0.25, 0.3) is 11.2 Å². The quantitative estimate of drug-likeness (QED) is 0.464. The molecule has 2 aromatic carbocycles. The van der Waals surface area contributed by atoms with Crippen molar-refractivity contribution in [3.05, 3.63) is 86.0 Å².